The zero-order valence-electron chi connectivity index (χ0n) is 19.0. The van der Waals surface area contributed by atoms with Gasteiger partial charge in [-0.1, -0.05) is 13.8 Å². The topological polar surface area (TPSA) is 115 Å². The molecular formula is C24H28F2N4O4. The highest BCUT2D eigenvalue weighted by Gasteiger charge is 2.69. The van der Waals surface area contributed by atoms with Crippen LogP contribution in [-0.2, 0) is 9.59 Å². The lowest BCUT2D eigenvalue weighted by molar-refractivity contribution is -0.128. The maximum absolute atomic E-state index is 14.2. The smallest absolute Gasteiger partial charge is 0.271 e. The van der Waals surface area contributed by atoms with Crippen molar-refractivity contribution in [3.05, 3.63) is 35.5 Å². The van der Waals surface area contributed by atoms with E-state index in [-0.39, 0.29) is 58.2 Å². The van der Waals surface area contributed by atoms with E-state index >= 15 is 0 Å². The first-order valence-electron chi connectivity index (χ1n) is 11.6. The fraction of sp³-hybridized carbons (Fsp3) is 0.542. The molecule has 4 N–H and O–H groups in total. The Kier molecular flexibility index (Phi) is 5.38. The highest BCUT2D eigenvalue weighted by Crippen LogP contribution is 2.65. The molecule has 2 aromatic rings. The van der Waals surface area contributed by atoms with E-state index in [4.69, 9.17) is 0 Å². The van der Waals surface area contributed by atoms with Crippen LogP contribution in [0.5, 0.6) is 0 Å². The molecular weight excluding hydrogens is 446 g/mol. The van der Waals surface area contributed by atoms with E-state index in [1.807, 2.05) is 0 Å². The largest absolute Gasteiger partial charge is 0.394 e. The zero-order valence-corrected chi connectivity index (χ0v) is 19.0. The highest BCUT2D eigenvalue weighted by molar-refractivity contribution is 6.01. The summed E-state index contributed by atoms with van der Waals surface area (Å²) in [6, 6.07) is 1.85. The summed E-state index contributed by atoms with van der Waals surface area (Å²) in [4.78, 5) is 42.9. The number of likely N-dealkylation sites (tertiary alicyclic amines) is 1. The van der Waals surface area contributed by atoms with Crippen molar-refractivity contribution in [2.24, 2.45) is 23.2 Å². The Morgan fingerprint density at radius 2 is 2.06 bits per heavy atom. The molecule has 5 rings (SSSR count). The highest BCUT2D eigenvalue weighted by atomic mass is 19.1. The number of aromatic nitrogens is 1. The van der Waals surface area contributed by atoms with Crippen LogP contribution in [0, 0.1) is 34.8 Å². The van der Waals surface area contributed by atoms with Crippen molar-refractivity contribution in [2.75, 3.05) is 19.7 Å². The molecule has 1 aliphatic carbocycles. The standard InChI is InChI=1S/C24H28F2N4O4/c1-24(2)15-9-30(23(34)18-8-14-16(26)6-12(25)7-17(14)29-18)20(19(15)24)22(33)28-13(10-31)5-11-3-4-27-21(11)32/h6-8,11,13,15,19-20,29,31H,3-5,9-10H2,1-2H3,(H,27,32)(H,28,33)/t11-,13-,15-,19-,20-/m0/s1. The summed E-state index contributed by atoms with van der Waals surface area (Å²) in [6.07, 6.45) is 0.966. The van der Waals surface area contributed by atoms with Gasteiger partial charge in [-0.15, -0.1) is 0 Å². The number of halogens is 2. The molecule has 182 valence electrons. The lowest BCUT2D eigenvalue weighted by Crippen LogP contribution is -2.53. The molecule has 3 fully saturated rings. The van der Waals surface area contributed by atoms with Crippen molar-refractivity contribution in [1.82, 2.24) is 20.5 Å². The molecule has 10 heteroatoms. The van der Waals surface area contributed by atoms with Crippen LogP contribution in [0.4, 0.5) is 8.78 Å². The van der Waals surface area contributed by atoms with Crippen LogP contribution in [0.15, 0.2) is 18.2 Å². The monoisotopic (exact) mass is 474 g/mol. The Morgan fingerprint density at radius 1 is 1.29 bits per heavy atom. The van der Waals surface area contributed by atoms with Crippen molar-refractivity contribution >= 4 is 28.6 Å². The molecule has 0 bridgehead atoms. The van der Waals surface area contributed by atoms with Gasteiger partial charge < -0.3 is 25.6 Å². The Balaban J connectivity index is 1.37. The van der Waals surface area contributed by atoms with Gasteiger partial charge in [0.1, 0.15) is 23.4 Å². The van der Waals surface area contributed by atoms with Gasteiger partial charge in [0.2, 0.25) is 11.8 Å². The predicted octanol–water partition coefficient (Wildman–Crippen LogP) is 1.55. The van der Waals surface area contributed by atoms with Gasteiger partial charge in [-0.3, -0.25) is 14.4 Å². The summed E-state index contributed by atoms with van der Waals surface area (Å²) in [5.74, 6) is -2.64. The molecule has 1 aromatic carbocycles. The minimum atomic E-state index is -0.772. The van der Waals surface area contributed by atoms with Gasteiger partial charge in [-0.2, -0.15) is 0 Å². The number of H-pyrrole nitrogens is 1. The van der Waals surface area contributed by atoms with Crippen molar-refractivity contribution in [3.63, 3.8) is 0 Å². The Labute approximate surface area is 195 Å². The second-order valence-electron chi connectivity index (χ2n) is 10.3. The van der Waals surface area contributed by atoms with Crippen molar-refractivity contribution in [2.45, 2.75) is 38.8 Å². The molecule has 3 heterocycles. The van der Waals surface area contributed by atoms with Gasteiger partial charge in [0.05, 0.1) is 18.2 Å². The first-order chi connectivity index (χ1) is 16.1. The molecule has 3 amide bonds. The average molecular weight is 475 g/mol. The molecule has 2 aliphatic heterocycles. The Morgan fingerprint density at radius 3 is 2.74 bits per heavy atom. The molecule has 0 spiro atoms. The van der Waals surface area contributed by atoms with Crippen LogP contribution in [0.1, 0.15) is 37.2 Å². The van der Waals surface area contributed by atoms with Gasteiger partial charge in [0.15, 0.2) is 0 Å². The summed E-state index contributed by atoms with van der Waals surface area (Å²) < 4.78 is 27.7. The number of nitrogens with zero attached hydrogens (tertiary/aromatic N) is 1. The summed E-state index contributed by atoms with van der Waals surface area (Å²) in [6.45, 7) is 4.74. The van der Waals surface area contributed by atoms with Crippen LogP contribution >= 0.6 is 0 Å². The quantitative estimate of drug-likeness (QED) is 0.509. The SMILES string of the molecule is CC1(C)[C@@H]2[C@@H](C(=O)N[C@H](CO)C[C@@H]3CCNC3=O)N(C(=O)c3cc4c(F)cc(F)cc4[nH]3)C[C@@H]21. The molecule has 5 atom stereocenters. The number of benzene rings is 1. The van der Waals surface area contributed by atoms with Crippen molar-refractivity contribution in [1.29, 1.82) is 0 Å². The molecule has 2 saturated heterocycles. The second kappa shape index (κ2) is 8.04. The fourth-order valence-electron chi connectivity index (χ4n) is 5.90. The van der Waals surface area contributed by atoms with E-state index in [9.17, 15) is 28.3 Å². The summed E-state index contributed by atoms with van der Waals surface area (Å²) in [5, 5.41) is 15.5. The van der Waals surface area contributed by atoms with E-state index in [0.717, 1.165) is 12.1 Å². The molecule has 1 aromatic heterocycles. The third-order valence-electron chi connectivity index (χ3n) is 7.92. The number of carbonyl (C=O) groups is 3. The van der Waals surface area contributed by atoms with Crippen molar-refractivity contribution in [3.8, 4) is 0 Å². The number of hydrogen-bond acceptors (Lipinski definition) is 4. The fourth-order valence-corrected chi connectivity index (χ4v) is 5.90. The van der Waals surface area contributed by atoms with Gasteiger partial charge in [-0.05, 0) is 42.2 Å². The van der Waals surface area contributed by atoms with E-state index in [2.05, 4.69) is 29.5 Å². The van der Waals surface area contributed by atoms with Gasteiger partial charge in [0, 0.05) is 30.5 Å². The minimum Gasteiger partial charge on any atom is -0.394 e. The van der Waals surface area contributed by atoms with Crippen LogP contribution in [0.25, 0.3) is 10.9 Å². The number of hydrogen-bond donors (Lipinski definition) is 4. The lowest BCUT2D eigenvalue weighted by atomic mass is 9.97. The van der Waals surface area contributed by atoms with Gasteiger partial charge in [0.25, 0.3) is 5.91 Å². The molecule has 3 aliphatic rings. The molecule has 8 nitrogen and oxygen atoms in total. The van der Waals surface area contributed by atoms with E-state index in [0.29, 0.717) is 25.9 Å². The number of aromatic amines is 1. The molecule has 34 heavy (non-hydrogen) atoms. The van der Waals surface area contributed by atoms with E-state index in [1.165, 1.54) is 11.0 Å². The average Bonchev–Trinajstić information content (AvgIpc) is 3.28. The van der Waals surface area contributed by atoms with Crippen LogP contribution in [0.3, 0.4) is 0 Å². The number of carbonyl (C=O) groups excluding carboxylic acids is 3. The molecule has 0 unspecified atom stereocenters. The normalized spacial score (nSPS) is 28.0. The number of aliphatic hydroxyl groups is 1. The van der Waals surface area contributed by atoms with Crippen LogP contribution < -0.4 is 10.6 Å². The number of fused-ring (bicyclic) bond motifs is 2. The maximum Gasteiger partial charge on any atom is 0.271 e. The number of aliphatic hydroxyl groups excluding tert-OH is 1. The number of nitrogens with one attached hydrogen (secondary N) is 3. The maximum atomic E-state index is 14.2. The Bertz CT molecular complexity index is 1180. The molecule has 0 radical (unpaired) electrons. The summed E-state index contributed by atoms with van der Waals surface area (Å²) in [7, 11) is 0. The first-order valence-corrected chi connectivity index (χ1v) is 11.6. The third kappa shape index (κ3) is 3.64. The summed E-state index contributed by atoms with van der Waals surface area (Å²) in [5.41, 5.74) is 0.133. The Hall–Kier alpha value is -3.01. The molecule has 1 saturated carbocycles. The van der Waals surface area contributed by atoms with Gasteiger partial charge >= 0.3 is 0 Å². The minimum absolute atomic E-state index is 0.0517. The summed E-state index contributed by atoms with van der Waals surface area (Å²) >= 11 is 0. The van der Waals surface area contributed by atoms with Gasteiger partial charge in [-0.25, -0.2) is 8.78 Å². The van der Waals surface area contributed by atoms with E-state index in [1.54, 1.807) is 0 Å². The van der Waals surface area contributed by atoms with Crippen LogP contribution in [-0.4, -0.2) is 64.5 Å². The number of rotatable bonds is 6. The van der Waals surface area contributed by atoms with E-state index < -0.39 is 29.6 Å². The zero-order chi connectivity index (χ0) is 24.4. The third-order valence-corrected chi connectivity index (χ3v) is 7.92. The van der Waals surface area contributed by atoms with Crippen molar-refractivity contribution < 1.29 is 28.3 Å². The first kappa shape index (κ1) is 22.8. The van der Waals surface area contributed by atoms with Crippen LogP contribution in [0.2, 0.25) is 0 Å². The number of piperidine rings is 1. The number of amides is 3. The second-order valence-corrected chi connectivity index (χ2v) is 10.3. The predicted molar refractivity (Wildman–Crippen MR) is 119 cm³/mol. The lowest BCUT2D eigenvalue weighted by Gasteiger charge is -2.31.